The maximum absolute atomic E-state index is 14.5. The standard InChI is InChI=1S/C28H29Cl2F4N3O5/c1-15(38)13-42-22-8-6-17(10-23(22)41-4)25(39)35-14-27(40,28(32,33)34)24-12-18(26(2,3)37-30)11-21(36-24)16-5-7-20(31)19(29)9-16/h5-12,15,37-38,40H,13-14H2,1-4H3,(H,35,39)/t15-,27-/m1/s1. The maximum atomic E-state index is 14.5. The van der Waals surface area contributed by atoms with Crippen LogP contribution in [0.2, 0.25) is 5.02 Å². The third-order valence-electron chi connectivity index (χ3n) is 6.30. The van der Waals surface area contributed by atoms with Crippen LogP contribution >= 0.6 is 23.4 Å². The SMILES string of the molecule is COc1cc(C(=O)NC[C@@](O)(c2cc(C(C)(C)NCl)cc(-c3ccc(F)c(Cl)c3)n2)C(F)(F)F)ccc1OC[C@@H](C)O. The Morgan fingerprint density at radius 3 is 2.36 bits per heavy atom. The third kappa shape index (κ3) is 7.42. The van der Waals surface area contributed by atoms with Gasteiger partial charge in [-0.2, -0.15) is 13.2 Å². The molecule has 1 heterocycles. The van der Waals surface area contributed by atoms with Gasteiger partial charge in [0.25, 0.3) is 5.91 Å². The Hall–Kier alpha value is -3.16. The highest BCUT2D eigenvalue weighted by atomic mass is 35.5. The average Bonchev–Trinajstić information content (AvgIpc) is 2.94. The second-order valence-electron chi connectivity index (χ2n) is 10.0. The summed E-state index contributed by atoms with van der Waals surface area (Å²) in [5.74, 6) is -1.40. The number of rotatable bonds is 11. The number of benzene rings is 2. The minimum Gasteiger partial charge on any atom is -0.493 e. The fourth-order valence-electron chi connectivity index (χ4n) is 3.75. The summed E-state index contributed by atoms with van der Waals surface area (Å²) in [5, 5.41) is 22.4. The molecule has 0 aliphatic rings. The van der Waals surface area contributed by atoms with Gasteiger partial charge in [-0.05, 0) is 86.6 Å². The van der Waals surface area contributed by atoms with E-state index in [-0.39, 0.29) is 45.5 Å². The van der Waals surface area contributed by atoms with E-state index in [1.54, 1.807) is 13.8 Å². The van der Waals surface area contributed by atoms with Crippen LogP contribution in [0, 0.1) is 5.82 Å². The number of carbonyl (C=O) groups is 1. The first-order valence-corrected chi connectivity index (χ1v) is 13.2. The van der Waals surface area contributed by atoms with Crippen LogP contribution in [-0.4, -0.2) is 53.6 Å². The quantitative estimate of drug-likeness (QED) is 0.164. The molecule has 4 N–H and O–H groups in total. The van der Waals surface area contributed by atoms with Crippen molar-refractivity contribution in [3.8, 4) is 22.8 Å². The molecule has 3 rings (SSSR count). The van der Waals surface area contributed by atoms with Gasteiger partial charge in [0.15, 0.2) is 11.5 Å². The molecule has 14 heteroatoms. The van der Waals surface area contributed by atoms with Crippen molar-refractivity contribution in [2.75, 3.05) is 20.3 Å². The molecule has 1 amide bonds. The van der Waals surface area contributed by atoms with Crippen LogP contribution in [0.1, 0.15) is 42.4 Å². The number of methoxy groups -OCH3 is 1. The molecule has 8 nitrogen and oxygen atoms in total. The van der Waals surface area contributed by atoms with Crippen molar-refractivity contribution >= 4 is 29.3 Å². The lowest BCUT2D eigenvalue weighted by atomic mass is 9.89. The van der Waals surface area contributed by atoms with Crippen LogP contribution in [0.25, 0.3) is 11.3 Å². The van der Waals surface area contributed by atoms with Crippen molar-refractivity contribution < 1.29 is 42.0 Å². The molecule has 0 fully saturated rings. The molecule has 0 aliphatic heterocycles. The Morgan fingerprint density at radius 1 is 1.10 bits per heavy atom. The van der Waals surface area contributed by atoms with Gasteiger partial charge in [-0.1, -0.05) is 11.6 Å². The number of alkyl halides is 3. The Morgan fingerprint density at radius 2 is 1.79 bits per heavy atom. The van der Waals surface area contributed by atoms with Gasteiger partial charge in [0.2, 0.25) is 5.60 Å². The molecule has 2 atom stereocenters. The van der Waals surface area contributed by atoms with Crippen molar-refractivity contribution in [2.45, 2.75) is 44.2 Å². The van der Waals surface area contributed by atoms with Crippen LogP contribution in [0.15, 0.2) is 48.5 Å². The number of aromatic nitrogens is 1. The normalized spacial score (nSPS) is 14.2. The van der Waals surface area contributed by atoms with E-state index in [1.807, 2.05) is 0 Å². The summed E-state index contributed by atoms with van der Waals surface area (Å²) in [7, 11) is 1.30. The lowest BCUT2D eigenvalue weighted by Gasteiger charge is -2.32. The zero-order valence-corrected chi connectivity index (χ0v) is 24.5. The predicted molar refractivity (Wildman–Crippen MR) is 149 cm³/mol. The molecule has 0 saturated heterocycles. The number of carbonyl (C=O) groups excluding carboxylic acids is 1. The average molecular weight is 634 g/mol. The number of hydrogen-bond acceptors (Lipinski definition) is 7. The van der Waals surface area contributed by atoms with Crippen LogP contribution < -0.4 is 19.6 Å². The van der Waals surface area contributed by atoms with E-state index in [9.17, 15) is 32.6 Å². The first-order valence-electron chi connectivity index (χ1n) is 12.4. The molecule has 0 spiro atoms. The highest BCUT2D eigenvalue weighted by Crippen LogP contribution is 2.40. The molecule has 2 aromatic carbocycles. The monoisotopic (exact) mass is 633 g/mol. The van der Waals surface area contributed by atoms with E-state index in [0.717, 1.165) is 12.1 Å². The molecule has 228 valence electrons. The number of nitrogens with one attached hydrogen (secondary N) is 2. The number of nitrogens with zero attached hydrogens (tertiary/aromatic N) is 1. The zero-order chi connectivity index (χ0) is 31.5. The number of aliphatic hydroxyl groups is 2. The van der Waals surface area contributed by atoms with Crippen molar-refractivity contribution in [1.29, 1.82) is 0 Å². The highest BCUT2D eigenvalue weighted by Gasteiger charge is 2.56. The van der Waals surface area contributed by atoms with E-state index < -0.39 is 47.4 Å². The number of hydrogen-bond donors (Lipinski definition) is 4. The molecule has 1 aromatic heterocycles. The largest absolute Gasteiger partial charge is 0.493 e. The molecular weight excluding hydrogens is 605 g/mol. The summed E-state index contributed by atoms with van der Waals surface area (Å²) in [4.78, 5) is 19.4. The predicted octanol–water partition coefficient (Wildman–Crippen LogP) is 5.47. The lowest BCUT2D eigenvalue weighted by Crippen LogP contribution is -2.51. The van der Waals surface area contributed by atoms with Gasteiger partial charge in [0.05, 0.1) is 41.7 Å². The molecule has 0 saturated carbocycles. The number of halogens is 6. The second-order valence-corrected chi connectivity index (χ2v) is 10.6. The van der Waals surface area contributed by atoms with E-state index in [2.05, 4.69) is 15.1 Å². The van der Waals surface area contributed by atoms with Gasteiger partial charge in [0.1, 0.15) is 12.4 Å². The van der Waals surface area contributed by atoms with E-state index in [1.165, 1.54) is 50.4 Å². The summed E-state index contributed by atoms with van der Waals surface area (Å²) in [6.45, 7) is 3.29. The minimum absolute atomic E-state index is 0.0593. The number of aliphatic hydroxyl groups excluding tert-OH is 1. The summed E-state index contributed by atoms with van der Waals surface area (Å²) >= 11 is 11.7. The zero-order valence-electron chi connectivity index (χ0n) is 22.9. The first kappa shape index (κ1) is 33.3. The Balaban J connectivity index is 2.03. The Bertz CT molecular complexity index is 1440. The second kappa shape index (κ2) is 13.0. The summed E-state index contributed by atoms with van der Waals surface area (Å²) < 4.78 is 67.9. The van der Waals surface area contributed by atoms with Gasteiger partial charge >= 0.3 is 6.18 Å². The first-order chi connectivity index (χ1) is 19.5. The number of amides is 1. The molecule has 0 bridgehead atoms. The number of ether oxygens (including phenoxy) is 2. The van der Waals surface area contributed by atoms with Gasteiger partial charge in [-0.15, -0.1) is 0 Å². The summed E-state index contributed by atoms with van der Waals surface area (Å²) in [5.41, 5.74) is -5.39. The van der Waals surface area contributed by atoms with E-state index >= 15 is 0 Å². The van der Waals surface area contributed by atoms with Gasteiger partial charge in [-0.3, -0.25) is 4.79 Å². The van der Waals surface area contributed by atoms with Crippen LogP contribution in [0.3, 0.4) is 0 Å². The van der Waals surface area contributed by atoms with Gasteiger partial charge < -0.3 is 25.0 Å². The number of pyridine rings is 1. The Kier molecular flexibility index (Phi) is 10.3. The molecule has 0 radical (unpaired) electrons. The fourth-order valence-corrected chi connectivity index (χ4v) is 4.04. The van der Waals surface area contributed by atoms with Crippen molar-refractivity contribution in [3.63, 3.8) is 0 Å². The third-order valence-corrected chi connectivity index (χ3v) is 7.06. The van der Waals surface area contributed by atoms with Crippen molar-refractivity contribution in [1.82, 2.24) is 15.1 Å². The van der Waals surface area contributed by atoms with Gasteiger partial charge in [0, 0.05) is 11.1 Å². The topological polar surface area (TPSA) is 113 Å². The Labute approximate surface area is 249 Å². The fraction of sp³-hybridized carbons (Fsp3) is 0.357. The van der Waals surface area contributed by atoms with Crippen LogP contribution in [0.4, 0.5) is 17.6 Å². The highest BCUT2D eigenvalue weighted by molar-refractivity contribution is 6.31. The van der Waals surface area contributed by atoms with Crippen molar-refractivity contribution in [2.24, 2.45) is 0 Å². The van der Waals surface area contributed by atoms with Crippen LogP contribution in [-0.2, 0) is 11.1 Å². The lowest BCUT2D eigenvalue weighted by molar-refractivity contribution is -0.265. The smallest absolute Gasteiger partial charge is 0.424 e. The molecule has 0 unspecified atom stereocenters. The molecule has 42 heavy (non-hydrogen) atoms. The van der Waals surface area contributed by atoms with E-state index in [4.69, 9.17) is 32.9 Å². The van der Waals surface area contributed by atoms with Gasteiger partial charge in [-0.25, -0.2) is 14.2 Å². The summed E-state index contributed by atoms with van der Waals surface area (Å²) in [6.07, 6.45) is -6.09. The van der Waals surface area contributed by atoms with Crippen molar-refractivity contribution in [3.05, 3.63) is 76.2 Å². The molecule has 3 aromatic rings. The molecule has 0 aliphatic carbocycles. The van der Waals surface area contributed by atoms with E-state index in [0.29, 0.717) is 0 Å². The maximum Gasteiger partial charge on any atom is 0.424 e. The van der Waals surface area contributed by atoms with Crippen LogP contribution in [0.5, 0.6) is 11.5 Å². The summed E-state index contributed by atoms with van der Waals surface area (Å²) in [6, 6.07) is 9.81. The molecular formula is C28H29Cl2F4N3O5. The minimum atomic E-state index is -5.31.